The lowest BCUT2D eigenvalue weighted by atomic mass is 10.1. The third kappa shape index (κ3) is 6.68. The number of carbonyl (C=O) groups is 2. The smallest absolute Gasteiger partial charge is 0.331 e. The summed E-state index contributed by atoms with van der Waals surface area (Å²) in [6.45, 7) is -0.193. The van der Waals surface area contributed by atoms with Gasteiger partial charge < -0.3 is 14.4 Å². The predicted octanol–water partition coefficient (Wildman–Crippen LogP) is 2.47. The molecule has 1 fully saturated rings. The molecule has 0 bridgehead atoms. The minimum atomic E-state index is -3.17. The Hall–Kier alpha value is -3.13. The highest BCUT2D eigenvalue weighted by atomic mass is 32.2. The molecule has 0 aliphatic carbocycles. The normalized spacial score (nSPS) is 17.4. The summed E-state index contributed by atoms with van der Waals surface area (Å²) < 4.78 is 34.1. The first-order chi connectivity index (χ1) is 14.9. The molecule has 0 radical (unpaired) electrons. The van der Waals surface area contributed by atoms with Crippen molar-refractivity contribution < 1.29 is 27.5 Å². The molecule has 7 nitrogen and oxygen atoms in total. The van der Waals surface area contributed by atoms with Crippen molar-refractivity contribution in [3.63, 3.8) is 0 Å². The van der Waals surface area contributed by atoms with Crippen LogP contribution in [0.25, 0.3) is 6.08 Å². The summed E-state index contributed by atoms with van der Waals surface area (Å²) in [6.07, 6.45) is 3.19. The maximum atomic E-state index is 12.8. The zero-order valence-corrected chi connectivity index (χ0v) is 18.1. The Labute approximate surface area is 182 Å². The Morgan fingerprint density at radius 3 is 2.58 bits per heavy atom. The van der Waals surface area contributed by atoms with E-state index in [9.17, 15) is 18.0 Å². The Balaban J connectivity index is 1.62. The number of benzene rings is 2. The highest BCUT2D eigenvalue weighted by Gasteiger charge is 2.34. The molecule has 2 aromatic carbocycles. The van der Waals surface area contributed by atoms with Crippen molar-refractivity contribution in [1.29, 1.82) is 0 Å². The van der Waals surface area contributed by atoms with E-state index in [0.29, 0.717) is 12.2 Å². The molecule has 1 aliphatic heterocycles. The van der Waals surface area contributed by atoms with Crippen LogP contribution in [0.5, 0.6) is 5.75 Å². The van der Waals surface area contributed by atoms with Gasteiger partial charge in [-0.3, -0.25) is 4.79 Å². The molecule has 1 heterocycles. The van der Waals surface area contributed by atoms with Crippen LogP contribution in [-0.2, 0) is 30.7 Å². The maximum absolute atomic E-state index is 12.8. The number of amides is 1. The summed E-state index contributed by atoms with van der Waals surface area (Å²) in [5.41, 5.74) is 1.63. The van der Waals surface area contributed by atoms with Gasteiger partial charge in [0.25, 0.3) is 5.91 Å². The second-order valence-electron chi connectivity index (χ2n) is 7.28. The molecular weight excluding hydrogens is 418 g/mol. The van der Waals surface area contributed by atoms with Gasteiger partial charge in [-0.1, -0.05) is 42.5 Å². The number of carbonyl (C=O) groups excluding carboxylic acids is 2. The van der Waals surface area contributed by atoms with Crippen LogP contribution in [0.3, 0.4) is 0 Å². The molecule has 0 saturated carbocycles. The topological polar surface area (TPSA) is 90.0 Å². The quantitative estimate of drug-likeness (QED) is 0.460. The lowest BCUT2D eigenvalue weighted by Crippen LogP contribution is -2.42. The molecule has 0 spiro atoms. The van der Waals surface area contributed by atoms with E-state index in [-0.39, 0.29) is 18.1 Å². The Kier molecular flexibility index (Phi) is 7.46. The lowest BCUT2D eigenvalue weighted by Gasteiger charge is -2.28. The van der Waals surface area contributed by atoms with Gasteiger partial charge in [0.1, 0.15) is 5.75 Å². The molecule has 164 valence electrons. The van der Waals surface area contributed by atoms with Crippen LogP contribution in [0.2, 0.25) is 0 Å². The van der Waals surface area contributed by atoms with Gasteiger partial charge in [-0.25, -0.2) is 13.2 Å². The number of ether oxygens (including phenoxy) is 2. The van der Waals surface area contributed by atoms with E-state index in [2.05, 4.69) is 0 Å². The van der Waals surface area contributed by atoms with Crippen LogP contribution in [0.1, 0.15) is 17.5 Å². The fraction of sp³-hybridized carbons (Fsp3) is 0.304. The van der Waals surface area contributed by atoms with E-state index < -0.39 is 34.4 Å². The van der Waals surface area contributed by atoms with Gasteiger partial charge in [-0.2, -0.15) is 0 Å². The van der Waals surface area contributed by atoms with Crippen molar-refractivity contribution in [3.8, 4) is 5.75 Å². The maximum Gasteiger partial charge on any atom is 0.331 e. The standard InChI is InChI=1S/C23H25NO6S/c1-29-21-9-5-8-18(14-21)10-11-23(26)30-16-22(25)24(15-19-6-3-2-4-7-19)20-12-13-31(27,28)17-20/h2-11,14,20H,12-13,15-17H2,1H3/b11-10-/t20-/m0/s1. The van der Waals surface area contributed by atoms with Gasteiger partial charge >= 0.3 is 5.97 Å². The van der Waals surface area contributed by atoms with E-state index in [1.807, 2.05) is 30.3 Å². The van der Waals surface area contributed by atoms with E-state index in [1.54, 1.807) is 37.5 Å². The third-order valence-corrected chi connectivity index (χ3v) is 6.76. The van der Waals surface area contributed by atoms with Gasteiger partial charge in [0, 0.05) is 18.7 Å². The second-order valence-corrected chi connectivity index (χ2v) is 9.51. The number of rotatable bonds is 8. The molecule has 8 heteroatoms. The molecule has 0 unspecified atom stereocenters. The zero-order valence-electron chi connectivity index (χ0n) is 17.3. The number of hydrogen-bond donors (Lipinski definition) is 0. The van der Waals surface area contributed by atoms with Crippen molar-refractivity contribution in [2.24, 2.45) is 0 Å². The molecule has 2 aromatic rings. The second kappa shape index (κ2) is 10.3. The van der Waals surface area contributed by atoms with Crippen molar-refractivity contribution in [2.45, 2.75) is 19.0 Å². The van der Waals surface area contributed by atoms with Crippen LogP contribution < -0.4 is 4.74 Å². The van der Waals surface area contributed by atoms with Crippen LogP contribution in [0.4, 0.5) is 0 Å². The largest absolute Gasteiger partial charge is 0.497 e. The highest BCUT2D eigenvalue weighted by molar-refractivity contribution is 7.91. The number of hydrogen-bond acceptors (Lipinski definition) is 6. The number of sulfone groups is 1. The van der Waals surface area contributed by atoms with Gasteiger partial charge in [-0.15, -0.1) is 0 Å². The van der Waals surface area contributed by atoms with Gasteiger partial charge in [0.2, 0.25) is 0 Å². The van der Waals surface area contributed by atoms with E-state index >= 15 is 0 Å². The fourth-order valence-electron chi connectivity index (χ4n) is 3.40. The minimum Gasteiger partial charge on any atom is -0.497 e. The first kappa shape index (κ1) is 22.6. The molecule has 1 atom stereocenters. The Morgan fingerprint density at radius 2 is 1.90 bits per heavy atom. The van der Waals surface area contributed by atoms with Gasteiger partial charge in [-0.05, 0) is 35.8 Å². The van der Waals surface area contributed by atoms with Crippen molar-refractivity contribution in [1.82, 2.24) is 4.90 Å². The summed E-state index contributed by atoms with van der Waals surface area (Å²) in [5, 5.41) is 0. The lowest BCUT2D eigenvalue weighted by molar-refractivity contribution is -0.149. The first-order valence-electron chi connectivity index (χ1n) is 9.89. The van der Waals surface area contributed by atoms with Crippen molar-refractivity contribution in [2.75, 3.05) is 25.2 Å². The van der Waals surface area contributed by atoms with E-state index in [4.69, 9.17) is 9.47 Å². The Bertz CT molecular complexity index is 1050. The summed E-state index contributed by atoms with van der Waals surface area (Å²) >= 11 is 0. The average Bonchev–Trinajstić information content (AvgIpc) is 3.14. The van der Waals surface area contributed by atoms with Gasteiger partial charge in [0.15, 0.2) is 16.4 Å². The molecule has 31 heavy (non-hydrogen) atoms. The summed E-state index contributed by atoms with van der Waals surface area (Å²) in [6, 6.07) is 16.0. The summed E-state index contributed by atoms with van der Waals surface area (Å²) in [7, 11) is -1.61. The van der Waals surface area contributed by atoms with Crippen LogP contribution >= 0.6 is 0 Å². The SMILES string of the molecule is COc1cccc(/C=C\C(=O)OCC(=O)N(Cc2ccccc2)[C@H]2CCS(=O)(=O)C2)c1. The number of esters is 1. The summed E-state index contributed by atoms with van der Waals surface area (Å²) in [4.78, 5) is 26.4. The molecular formula is C23H25NO6S. The average molecular weight is 444 g/mol. The molecule has 3 rings (SSSR count). The van der Waals surface area contributed by atoms with Crippen LogP contribution in [0.15, 0.2) is 60.7 Å². The monoisotopic (exact) mass is 443 g/mol. The predicted molar refractivity (Wildman–Crippen MR) is 117 cm³/mol. The molecule has 1 amide bonds. The van der Waals surface area contributed by atoms with E-state index in [1.165, 1.54) is 11.0 Å². The summed E-state index contributed by atoms with van der Waals surface area (Å²) in [5.74, 6) is -0.438. The Morgan fingerprint density at radius 1 is 1.13 bits per heavy atom. The molecule has 0 N–H and O–H groups in total. The third-order valence-electron chi connectivity index (χ3n) is 5.01. The van der Waals surface area contributed by atoms with E-state index in [0.717, 1.165) is 11.1 Å². The molecule has 1 aliphatic rings. The number of methoxy groups -OCH3 is 1. The van der Waals surface area contributed by atoms with Crippen molar-refractivity contribution in [3.05, 3.63) is 71.8 Å². The van der Waals surface area contributed by atoms with Crippen LogP contribution in [-0.4, -0.2) is 56.5 Å². The molecule has 0 aromatic heterocycles. The fourth-order valence-corrected chi connectivity index (χ4v) is 5.13. The van der Waals surface area contributed by atoms with Crippen molar-refractivity contribution >= 4 is 27.8 Å². The number of nitrogens with zero attached hydrogens (tertiary/aromatic N) is 1. The van der Waals surface area contributed by atoms with Crippen LogP contribution in [0, 0.1) is 0 Å². The minimum absolute atomic E-state index is 0.0549. The van der Waals surface area contributed by atoms with Gasteiger partial charge in [0.05, 0.1) is 18.6 Å². The molecule has 1 saturated heterocycles. The highest BCUT2D eigenvalue weighted by Crippen LogP contribution is 2.20. The zero-order chi connectivity index (χ0) is 22.3. The first-order valence-corrected chi connectivity index (χ1v) is 11.7.